The van der Waals surface area contributed by atoms with Crippen molar-refractivity contribution in [2.24, 2.45) is 0 Å². The Hall–Kier alpha value is -4.07. The highest BCUT2D eigenvalue weighted by Crippen LogP contribution is 2.33. The molecule has 172 valence electrons. The number of amides is 1. The first-order valence-corrected chi connectivity index (χ1v) is 11.3. The number of piperidine rings is 1. The first-order chi connectivity index (χ1) is 16.7. The lowest BCUT2D eigenvalue weighted by molar-refractivity contribution is 0.0703. The van der Waals surface area contributed by atoms with Gasteiger partial charge >= 0.3 is 0 Å². The molecule has 1 saturated heterocycles. The summed E-state index contributed by atoms with van der Waals surface area (Å²) in [6.07, 6.45) is 8.48. The quantitative estimate of drug-likeness (QED) is 0.421. The monoisotopic (exact) mass is 457 g/mol. The van der Waals surface area contributed by atoms with Crippen molar-refractivity contribution >= 4 is 5.91 Å². The normalized spacial score (nSPS) is 15.8. The Balaban J connectivity index is 1.36. The molecule has 0 aliphatic carbocycles. The van der Waals surface area contributed by atoms with Crippen LogP contribution in [0.5, 0.6) is 11.6 Å². The molecule has 5 rings (SSSR count). The van der Waals surface area contributed by atoms with Crippen LogP contribution in [0, 0.1) is 5.82 Å². The molecule has 1 aliphatic heterocycles. The topological polar surface area (TPSA) is 73.1 Å². The highest BCUT2D eigenvalue weighted by atomic mass is 19.1. The molecule has 0 radical (unpaired) electrons. The molecule has 2 aromatic carbocycles. The van der Waals surface area contributed by atoms with Crippen LogP contribution in [0.15, 0.2) is 79.4 Å². The summed E-state index contributed by atoms with van der Waals surface area (Å²) in [5, 5.41) is 4.26. The number of hydrogen-bond donors (Lipinski definition) is 0. The number of nitrogens with zero attached hydrogens (tertiary/aromatic N) is 5. The van der Waals surface area contributed by atoms with E-state index in [1.165, 1.54) is 12.1 Å². The van der Waals surface area contributed by atoms with Gasteiger partial charge in [0.25, 0.3) is 5.91 Å². The van der Waals surface area contributed by atoms with Crippen molar-refractivity contribution in [1.82, 2.24) is 24.6 Å². The van der Waals surface area contributed by atoms with E-state index in [1.54, 1.807) is 35.4 Å². The van der Waals surface area contributed by atoms with Crippen LogP contribution in [0.2, 0.25) is 0 Å². The predicted molar refractivity (Wildman–Crippen MR) is 124 cm³/mol. The van der Waals surface area contributed by atoms with Gasteiger partial charge in [0.2, 0.25) is 5.88 Å². The van der Waals surface area contributed by atoms with Crippen molar-refractivity contribution in [1.29, 1.82) is 0 Å². The summed E-state index contributed by atoms with van der Waals surface area (Å²) in [6.45, 7) is 1.71. The summed E-state index contributed by atoms with van der Waals surface area (Å²) in [5.74, 6) is 0.271. The molecule has 3 heterocycles. The van der Waals surface area contributed by atoms with E-state index in [0.29, 0.717) is 42.5 Å². The third-order valence-electron chi connectivity index (χ3n) is 5.94. The van der Waals surface area contributed by atoms with E-state index in [2.05, 4.69) is 15.1 Å². The van der Waals surface area contributed by atoms with E-state index in [4.69, 9.17) is 4.74 Å². The van der Waals surface area contributed by atoms with Crippen LogP contribution in [0.1, 0.15) is 40.4 Å². The molecule has 8 heteroatoms. The van der Waals surface area contributed by atoms with Crippen LogP contribution in [0.4, 0.5) is 4.39 Å². The van der Waals surface area contributed by atoms with Crippen LogP contribution in [0.25, 0.3) is 0 Å². The molecule has 0 bridgehead atoms. The first-order valence-electron chi connectivity index (χ1n) is 11.3. The van der Waals surface area contributed by atoms with E-state index in [-0.39, 0.29) is 17.6 Å². The molecule has 1 atom stereocenters. The minimum Gasteiger partial charge on any atom is -0.437 e. The Labute approximate surface area is 196 Å². The van der Waals surface area contributed by atoms with Gasteiger partial charge in [-0.25, -0.2) is 9.37 Å². The van der Waals surface area contributed by atoms with E-state index >= 15 is 0 Å². The Morgan fingerprint density at radius 2 is 1.94 bits per heavy atom. The van der Waals surface area contributed by atoms with Crippen LogP contribution in [-0.2, 0) is 6.54 Å². The highest BCUT2D eigenvalue weighted by molar-refractivity contribution is 5.95. The number of likely N-dealkylation sites (tertiary alicyclic amines) is 1. The van der Waals surface area contributed by atoms with Crippen LogP contribution < -0.4 is 4.74 Å². The molecule has 2 aromatic heterocycles. The van der Waals surface area contributed by atoms with Gasteiger partial charge in [0.1, 0.15) is 17.3 Å². The van der Waals surface area contributed by atoms with Gasteiger partial charge in [-0.2, -0.15) is 5.10 Å². The van der Waals surface area contributed by atoms with E-state index in [0.717, 1.165) is 18.4 Å². The maximum Gasteiger partial charge on any atom is 0.254 e. The van der Waals surface area contributed by atoms with Crippen molar-refractivity contribution in [3.63, 3.8) is 0 Å². The smallest absolute Gasteiger partial charge is 0.254 e. The summed E-state index contributed by atoms with van der Waals surface area (Å²) >= 11 is 0. The minimum atomic E-state index is -0.383. The minimum absolute atomic E-state index is 0.0102. The van der Waals surface area contributed by atoms with Crippen LogP contribution >= 0.6 is 0 Å². The van der Waals surface area contributed by atoms with Crippen molar-refractivity contribution < 1.29 is 13.9 Å². The summed E-state index contributed by atoms with van der Waals surface area (Å²) in [6, 6.07) is 15.4. The van der Waals surface area contributed by atoms with Gasteiger partial charge in [-0.1, -0.05) is 24.3 Å². The lowest BCUT2D eigenvalue weighted by atomic mass is 9.93. The Morgan fingerprint density at radius 3 is 2.79 bits per heavy atom. The number of ether oxygens (including phenoxy) is 1. The van der Waals surface area contributed by atoms with Gasteiger partial charge in [0.05, 0.1) is 6.54 Å². The third-order valence-corrected chi connectivity index (χ3v) is 5.94. The highest BCUT2D eigenvalue weighted by Gasteiger charge is 2.29. The number of benzene rings is 2. The lowest BCUT2D eigenvalue weighted by Crippen LogP contribution is -2.39. The number of carbonyl (C=O) groups is 1. The fourth-order valence-electron chi connectivity index (χ4n) is 4.33. The molecule has 1 aliphatic rings. The molecular formula is C26H24FN5O2. The second kappa shape index (κ2) is 9.82. The summed E-state index contributed by atoms with van der Waals surface area (Å²) < 4.78 is 21.3. The van der Waals surface area contributed by atoms with Crippen molar-refractivity contribution in [3.8, 4) is 11.6 Å². The third kappa shape index (κ3) is 4.80. The molecule has 7 nitrogen and oxygen atoms in total. The van der Waals surface area contributed by atoms with Crippen LogP contribution in [0.3, 0.4) is 0 Å². The Morgan fingerprint density at radius 1 is 1.06 bits per heavy atom. The maximum atomic E-state index is 13.6. The predicted octanol–water partition coefficient (Wildman–Crippen LogP) is 4.67. The van der Waals surface area contributed by atoms with E-state index in [9.17, 15) is 9.18 Å². The summed E-state index contributed by atoms with van der Waals surface area (Å²) in [5.41, 5.74) is 2.27. The fourth-order valence-corrected chi connectivity index (χ4v) is 4.33. The number of halogens is 1. The fraction of sp³-hybridized carbons (Fsp3) is 0.231. The standard InChI is InChI=1S/C26H24FN5O2/c27-21-8-3-9-22(16-21)34-25-24(28-12-13-29-25)20-7-4-14-31(17-20)26(33)23-10-2-1-6-19(23)18-32-15-5-11-30-32/h1-3,5-6,8-13,15-16,20H,4,7,14,17-18H2/t20-/m1/s1. The Bertz CT molecular complexity index is 1280. The molecule has 0 saturated carbocycles. The second-order valence-corrected chi connectivity index (χ2v) is 8.26. The first kappa shape index (κ1) is 21.8. The summed E-state index contributed by atoms with van der Waals surface area (Å²) in [4.78, 5) is 24.3. The van der Waals surface area contributed by atoms with Gasteiger partial charge in [-0.15, -0.1) is 0 Å². The van der Waals surface area contributed by atoms with Gasteiger partial charge in [0.15, 0.2) is 0 Å². The number of rotatable bonds is 6. The zero-order valence-corrected chi connectivity index (χ0v) is 18.5. The molecule has 1 amide bonds. The van der Waals surface area contributed by atoms with Gasteiger partial charge in [-0.3, -0.25) is 14.5 Å². The summed E-state index contributed by atoms with van der Waals surface area (Å²) in [7, 11) is 0. The number of carbonyl (C=O) groups excluding carboxylic acids is 1. The van der Waals surface area contributed by atoms with Gasteiger partial charge < -0.3 is 9.64 Å². The zero-order valence-electron chi connectivity index (χ0n) is 18.5. The average Bonchev–Trinajstić information content (AvgIpc) is 3.38. The van der Waals surface area contributed by atoms with Gasteiger partial charge in [-0.05, 0) is 42.7 Å². The molecule has 0 unspecified atom stereocenters. The number of hydrogen-bond acceptors (Lipinski definition) is 5. The molecule has 0 N–H and O–H groups in total. The largest absolute Gasteiger partial charge is 0.437 e. The second-order valence-electron chi connectivity index (χ2n) is 8.26. The van der Waals surface area contributed by atoms with Gasteiger partial charge in [0, 0.05) is 55.4 Å². The zero-order chi connectivity index (χ0) is 23.3. The van der Waals surface area contributed by atoms with E-state index < -0.39 is 0 Å². The molecule has 0 spiro atoms. The Kier molecular flexibility index (Phi) is 6.29. The molecule has 34 heavy (non-hydrogen) atoms. The van der Waals surface area contributed by atoms with Crippen molar-refractivity contribution in [3.05, 3.63) is 102 Å². The van der Waals surface area contributed by atoms with E-state index in [1.807, 2.05) is 41.4 Å². The lowest BCUT2D eigenvalue weighted by Gasteiger charge is -2.33. The molecule has 1 fully saturated rings. The van der Waals surface area contributed by atoms with Crippen molar-refractivity contribution in [2.45, 2.75) is 25.3 Å². The average molecular weight is 458 g/mol. The SMILES string of the molecule is O=C(c1ccccc1Cn1cccn1)N1CCC[C@@H](c2nccnc2Oc2cccc(F)c2)C1. The van der Waals surface area contributed by atoms with Crippen molar-refractivity contribution in [2.75, 3.05) is 13.1 Å². The maximum absolute atomic E-state index is 13.6. The number of aromatic nitrogens is 4. The molecular weight excluding hydrogens is 433 g/mol. The van der Waals surface area contributed by atoms with Crippen LogP contribution in [-0.4, -0.2) is 43.6 Å². The molecule has 4 aromatic rings.